The molecular formula is C13H16O. The third-order valence-electron chi connectivity index (χ3n) is 3.38. The van der Waals surface area contributed by atoms with Crippen LogP contribution in [0.3, 0.4) is 0 Å². The third kappa shape index (κ3) is 1.47. The number of aldehydes is 1. The van der Waals surface area contributed by atoms with Gasteiger partial charge in [0.2, 0.25) is 0 Å². The first-order chi connectivity index (χ1) is 6.76. The van der Waals surface area contributed by atoms with E-state index in [1.54, 1.807) is 0 Å². The van der Waals surface area contributed by atoms with Crippen molar-refractivity contribution in [3.8, 4) is 0 Å². The molecular weight excluding hydrogens is 172 g/mol. The fourth-order valence-electron chi connectivity index (χ4n) is 2.53. The van der Waals surface area contributed by atoms with Crippen LogP contribution in [0, 0.1) is 0 Å². The van der Waals surface area contributed by atoms with Gasteiger partial charge in [0, 0.05) is 6.42 Å². The summed E-state index contributed by atoms with van der Waals surface area (Å²) in [6.07, 6.45) is 5.24. The molecule has 0 saturated carbocycles. The minimum absolute atomic E-state index is 0.0938. The summed E-state index contributed by atoms with van der Waals surface area (Å²) in [5, 5.41) is 0. The van der Waals surface area contributed by atoms with Crippen LogP contribution in [0.4, 0.5) is 0 Å². The van der Waals surface area contributed by atoms with E-state index in [-0.39, 0.29) is 5.41 Å². The highest BCUT2D eigenvalue weighted by atomic mass is 16.1. The van der Waals surface area contributed by atoms with E-state index in [0.717, 1.165) is 12.7 Å². The van der Waals surface area contributed by atoms with Crippen molar-refractivity contribution in [3.63, 3.8) is 0 Å². The van der Waals surface area contributed by atoms with Crippen LogP contribution >= 0.6 is 0 Å². The maximum atomic E-state index is 10.7. The zero-order chi connectivity index (χ0) is 10.0. The highest BCUT2D eigenvalue weighted by Gasteiger charge is 2.30. The van der Waals surface area contributed by atoms with Crippen LogP contribution in [-0.4, -0.2) is 6.29 Å². The minimum atomic E-state index is 0.0938. The largest absolute Gasteiger partial charge is 0.303 e. The average molecular weight is 188 g/mol. The SMILES string of the molecule is CC1(CC=O)CCCc2ccccc21. The molecule has 1 aliphatic rings. The highest BCUT2D eigenvalue weighted by molar-refractivity contribution is 5.54. The molecule has 0 amide bonds. The summed E-state index contributed by atoms with van der Waals surface area (Å²) in [6.45, 7) is 2.21. The molecule has 0 N–H and O–H groups in total. The third-order valence-corrected chi connectivity index (χ3v) is 3.38. The standard InChI is InChI=1S/C13H16O/c1-13(9-10-14)8-4-6-11-5-2-3-7-12(11)13/h2-3,5,7,10H,4,6,8-9H2,1H3. The predicted molar refractivity (Wildman–Crippen MR) is 57.4 cm³/mol. The van der Waals surface area contributed by atoms with E-state index in [2.05, 4.69) is 31.2 Å². The van der Waals surface area contributed by atoms with Gasteiger partial charge in [-0.1, -0.05) is 31.2 Å². The van der Waals surface area contributed by atoms with Gasteiger partial charge < -0.3 is 4.79 Å². The number of fused-ring (bicyclic) bond motifs is 1. The summed E-state index contributed by atoms with van der Waals surface area (Å²) in [7, 11) is 0. The molecule has 1 aromatic rings. The Labute approximate surface area is 85.1 Å². The molecule has 0 fully saturated rings. The number of carbonyl (C=O) groups is 1. The van der Waals surface area contributed by atoms with E-state index in [1.807, 2.05) is 0 Å². The van der Waals surface area contributed by atoms with Crippen LogP contribution in [0.2, 0.25) is 0 Å². The van der Waals surface area contributed by atoms with Gasteiger partial charge in [-0.05, 0) is 35.8 Å². The predicted octanol–water partition coefficient (Wildman–Crippen LogP) is 2.87. The molecule has 74 valence electrons. The molecule has 1 heteroatoms. The van der Waals surface area contributed by atoms with Gasteiger partial charge in [0.15, 0.2) is 0 Å². The minimum Gasteiger partial charge on any atom is -0.303 e. The second kappa shape index (κ2) is 3.56. The van der Waals surface area contributed by atoms with Gasteiger partial charge in [0.05, 0.1) is 0 Å². The number of aryl methyl sites for hydroxylation is 1. The molecule has 0 radical (unpaired) electrons. The van der Waals surface area contributed by atoms with E-state index < -0.39 is 0 Å². The molecule has 0 bridgehead atoms. The Morgan fingerprint density at radius 1 is 1.43 bits per heavy atom. The Hall–Kier alpha value is -1.11. The molecule has 1 nitrogen and oxygen atoms in total. The van der Waals surface area contributed by atoms with Crippen molar-refractivity contribution in [2.75, 3.05) is 0 Å². The fourth-order valence-corrected chi connectivity index (χ4v) is 2.53. The molecule has 14 heavy (non-hydrogen) atoms. The van der Waals surface area contributed by atoms with E-state index in [0.29, 0.717) is 6.42 Å². The van der Waals surface area contributed by atoms with Crippen LogP contribution in [0.15, 0.2) is 24.3 Å². The summed E-state index contributed by atoms with van der Waals surface area (Å²) in [4.78, 5) is 10.7. The number of benzene rings is 1. The Morgan fingerprint density at radius 3 is 3.00 bits per heavy atom. The number of rotatable bonds is 2. The summed E-state index contributed by atoms with van der Waals surface area (Å²) >= 11 is 0. The molecule has 0 spiro atoms. The number of hydrogen-bond donors (Lipinski definition) is 0. The topological polar surface area (TPSA) is 17.1 Å². The van der Waals surface area contributed by atoms with Crippen molar-refractivity contribution < 1.29 is 4.79 Å². The molecule has 1 aliphatic carbocycles. The van der Waals surface area contributed by atoms with Crippen LogP contribution in [0.5, 0.6) is 0 Å². The van der Waals surface area contributed by atoms with Gasteiger partial charge in [-0.3, -0.25) is 0 Å². The molecule has 0 heterocycles. The zero-order valence-electron chi connectivity index (χ0n) is 8.62. The van der Waals surface area contributed by atoms with Crippen molar-refractivity contribution >= 4 is 6.29 Å². The maximum absolute atomic E-state index is 10.7. The van der Waals surface area contributed by atoms with Crippen molar-refractivity contribution in [2.45, 2.75) is 38.0 Å². The second-order valence-electron chi connectivity index (χ2n) is 4.44. The van der Waals surface area contributed by atoms with Gasteiger partial charge >= 0.3 is 0 Å². The van der Waals surface area contributed by atoms with Crippen molar-refractivity contribution in [1.29, 1.82) is 0 Å². The maximum Gasteiger partial charge on any atom is 0.120 e. The smallest absolute Gasteiger partial charge is 0.120 e. The first-order valence-electron chi connectivity index (χ1n) is 5.28. The van der Waals surface area contributed by atoms with Gasteiger partial charge in [0.1, 0.15) is 6.29 Å². The second-order valence-corrected chi connectivity index (χ2v) is 4.44. The van der Waals surface area contributed by atoms with Gasteiger partial charge in [-0.2, -0.15) is 0 Å². The molecule has 1 atom stereocenters. The van der Waals surface area contributed by atoms with Crippen molar-refractivity contribution in [1.82, 2.24) is 0 Å². The lowest BCUT2D eigenvalue weighted by Gasteiger charge is -2.34. The summed E-state index contributed by atoms with van der Waals surface area (Å²) in [5.41, 5.74) is 2.91. The van der Waals surface area contributed by atoms with Crippen LogP contribution in [0.25, 0.3) is 0 Å². The molecule has 0 saturated heterocycles. The Bertz CT molecular complexity index is 343. The summed E-state index contributed by atoms with van der Waals surface area (Å²) in [6, 6.07) is 8.54. The van der Waals surface area contributed by atoms with E-state index >= 15 is 0 Å². The summed E-state index contributed by atoms with van der Waals surface area (Å²) < 4.78 is 0. The molecule has 0 aromatic heterocycles. The zero-order valence-corrected chi connectivity index (χ0v) is 8.62. The van der Waals surface area contributed by atoms with E-state index in [1.165, 1.54) is 24.0 Å². The van der Waals surface area contributed by atoms with Crippen molar-refractivity contribution in [2.24, 2.45) is 0 Å². The fraction of sp³-hybridized carbons (Fsp3) is 0.462. The monoisotopic (exact) mass is 188 g/mol. The average Bonchev–Trinajstić information content (AvgIpc) is 2.19. The van der Waals surface area contributed by atoms with E-state index in [9.17, 15) is 4.79 Å². The van der Waals surface area contributed by atoms with Crippen LogP contribution in [-0.2, 0) is 16.6 Å². The molecule has 0 aliphatic heterocycles. The van der Waals surface area contributed by atoms with Gasteiger partial charge in [0.25, 0.3) is 0 Å². The first-order valence-corrected chi connectivity index (χ1v) is 5.28. The Morgan fingerprint density at radius 2 is 2.21 bits per heavy atom. The van der Waals surface area contributed by atoms with Gasteiger partial charge in [-0.25, -0.2) is 0 Å². The summed E-state index contributed by atoms with van der Waals surface area (Å²) in [5.74, 6) is 0. The van der Waals surface area contributed by atoms with Crippen LogP contribution < -0.4 is 0 Å². The normalized spacial score (nSPS) is 25.5. The molecule has 2 rings (SSSR count). The lowest BCUT2D eigenvalue weighted by Crippen LogP contribution is -2.27. The Kier molecular flexibility index (Phi) is 2.40. The molecule has 1 aromatic carbocycles. The first kappa shape index (κ1) is 9.45. The van der Waals surface area contributed by atoms with Crippen LogP contribution in [0.1, 0.15) is 37.3 Å². The lowest BCUT2D eigenvalue weighted by atomic mass is 9.70. The van der Waals surface area contributed by atoms with Crippen molar-refractivity contribution in [3.05, 3.63) is 35.4 Å². The lowest BCUT2D eigenvalue weighted by molar-refractivity contribution is -0.108. The Balaban J connectivity index is 2.44. The number of hydrogen-bond acceptors (Lipinski definition) is 1. The van der Waals surface area contributed by atoms with Gasteiger partial charge in [-0.15, -0.1) is 0 Å². The highest BCUT2D eigenvalue weighted by Crippen LogP contribution is 2.38. The quantitative estimate of drug-likeness (QED) is 0.652. The van der Waals surface area contributed by atoms with E-state index in [4.69, 9.17) is 0 Å². The molecule has 1 unspecified atom stereocenters. The number of carbonyl (C=O) groups excluding carboxylic acids is 1.